The molecule has 0 bridgehead atoms. The van der Waals surface area contributed by atoms with Crippen molar-refractivity contribution < 1.29 is 14.7 Å². The highest BCUT2D eigenvalue weighted by Crippen LogP contribution is 2.18. The molecule has 2 rings (SSSR count). The minimum Gasteiger partial charge on any atom is -0.481 e. The van der Waals surface area contributed by atoms with Crippen LogP contribution in [0, 0.1) is 5.92 Å². The fraction of sp³-hybridized carbons (Fsp3) is 0.364. The number of aliphatic carboxylic acids is 1. The second kappa shape index (κ2) is 4.83. The molecule has 0 saturated carbocycles. The lowest BCUT2D eigenvalue weighted by molar-refractivity contribution is -0.141. The summed E-state index contributed by atoms with van der Waals surface area (Å²) in [6.07, 6.45) is 2.07. The van der Waals surface area contributed by atoms with Gasteiger partial charge in [0.15, 0.2) is 0 Å². The molecule has 0 aliphatic carbocycles. The molecule has 2 heterocycles. The van der Waals surface area contributed by atoms with Gasteiger partial charge in [-0.1, -0.05) is 0 Å². The number of amides is 1. The summed E-state index contributed by atoms with van der Waals surface area (Å²) in [6.45, 7) is 0.749. The van der Waals surface area contributed by atoms with Gasteiger partial charge in [0.05, 0.1) is 5.92 Å². The molecule has 1 aromatic heterocycles. The normalized spacial score (nSPS) is 19.4. The van der Waals surface area contributed by atoms with Crippen LogP contribution in [0.15, 0.2) is 22.8 Å². The van der Waals surface area contributed by atoms with Gasteiger partial charge in [-0.15, -0.1) is 0 Å². The van der Waals surface area contributed by atoms with Gasteiger partial charge in [0.1, 0.15) is 5.69 Å². The van der Waals surface area contributed by atoms with Crippen molar-refractivity contribution in [3.63, 3.8) is 0 Å². The highest BCUT2D eigenvalue weighted by molar-refractivity contribution is 9.10. The van der Waals surface area contributed by atoms with Crippen molar-refractivity contribution in [2.75, 3.05) is 13.1 Å². The van der Waals surface area contributed by atoms with Gasteiger partial charge in [0.25, 0.3) is 5.91 Å². The van der Waals surface area contributed by atoms with Crippen molar-refractivity contribution in [3.8, 4) is 0 Å². The van der Waals surface area contributed by atoms with Crippen LogP contribution in [0.25, 0.3) is 0 Å². The quantitative estimate of drug-likeness (QED) is 0.896. The number of pyridine rings is 1. The van der Waals surface area contributed by atoms with E-state index in [1.807, 2.05) is 0 Å². The van der Waals surface area contributed by atoms with Gasteiger partial charge in [-0.3, -0.25) is 9.59 Å². The van der Waals surface area contributed by atoms with Crippen LogP contribution in [-0.2, 0) is 4.79 Å². The number of halogens is 1. The maximum absolute atomic E-state index is 12.0. The number of hydrogen-bond donors (Lipinski definition) is 1. The average Bonchev–Trinajstić information content (AvgIpc) is 2.78. The lowest BCUT2D eigenvalue weighted by Crippen LogP contribution is -2.30. The molecule has 1 aliphatic rings. The van der Waals surface area contributed by atoms with Gasteiger partial charge in [0.2, 0.25) is 0 Å². The van der Waals surface area contributed by atoms with Crippen LogP contribution in [0.5, 0.6) is 0 Å². The summed E-state index contributed by atoms with van der Waals surface area (Å²) in [6, 6.07) is 3.37. The van der Waals surface area contributed by atoms with Crippen molar-refractivity contribution in [3.05, 3.63) is 28.5 Å². The molecule has 6 heteroatoms. The van der Waals surface area contributed by atoms with Crippen molar-refractivity contribution in [1.82, 2.24) is 9.88 Å². The Balaban J connectivity index is 2.07. The van der Waals surface area contributed by atoms with E-state index in [4.69, 9.17) is 5.11 Å². The molecule has 1 aromatic rings. The molecule has 1 aliphatic heterocycles. The van der Waals surface area contributed by atoms with Crippen LogP contribution < -0.4 is 0 Å². The summed E-state index contributed by atoms with van der Waals surface area (Å²) in [4.78, 5) is 28.3. The van der Waals surface area contributed by atoms with Crippen LogP contribution in [0.3, 0.4) is 0 Å². The Labute approximate surface area is 107 Å². The lowest BCUT2D eigenvalue weighted by atomic mass is 10.1. The summed E-state index contributed by atoms with van der Waals surface area (Å²) < 4.78 is 0.805. The van der Waals surface area contributed by atoms with Gasteiger partial charge < -0.3 is 10.0 Å². The molecule has 1 saturated heterocycles. The minimum absolute atomic E-state index is 0.207. The van der Waals surface area contributed by atoms with Crippen molar-refractivity contribution in [1.29, 1.82) is 0 Å². The van der Waals surface area contributed by atoms with Gasteiger partial charge in [-0.2, -0.15) is 0 Å². The topological polar surface area (TPSA) is 70.5 Å². The predicted molar refractivity (Wildman–Crippen MR) is 63.6 cm³/mol. The van der Waals surface area contributed by atoms with Gasteiger partial charge in [-0.25, -0.2) is 4.98 Å². The molecule has 0 spiro atoms. The number of carboxylic acids is 1. The number of likely N-dealkylation sites (tertiary alicyclic amines) is 1. The van der Waals surface area contributed by atoms with E-state index < -0.39 is 11.9 Å². The molecular formula is C11H11BrN2O3. The molecule has 1 N–H and O–H groups in total. The van der Waals surface area contributed by atoms with Crippen molar-refractivity contribution >= 4 is 27.8 Å². The summed E-state index contributed by atoms with van der Waals surface area (Å²) in [5.74, 6) is -1.50. The zero-order valence-corrected chi connectivity index (χ0v) is 10.6. The molecule has 0 aromatic carbocycles. The molecule has 5 nitrogen and oxygen atoms in total. The van der Waals surface area contributed by atoms with Crippen LogP contribution in [-0.4, -0.2) is 40.0 Å². The molecular weight excluding hydrogens is 288 g/mol. The summed E-state index contributed by atoms with van der Waals surface area (Å²) in [5.41, 5.74) is 0.347. The second-order valence-corrected chi connectivity index (χ2v) is 4.85. The number of carboxylic acid groups (broad SMARTS) is 1. The Kier molecular flexibility index (Phi) is 3.42. The molecule has 90 valence electrons. The number of carbonyl (C=O) groups excluding carboxylic acids is 1. The van der Waals surface area contributed by atoms with Crippen LogP contribution >= 0.6 is 15.9 Å². The van der Waals surface area contributed by atoms with Crippen LogP contribution in [0.4, 0.5) is 0 Å². The first-order chi connectivity index (χ1) is 8.08. The third kappa shape index (κ3) is 2.63. The summed E-state index contributed by atoms with van der Waals surface area (Å²) in [7, 11) is 0. The molecule has 1 amide bonds. The van der Waals surface area contributed by atoms with E-state index in [1.165, 1.54) is 4.90 Å². The molecule has 0 radical (unpaired) electrons. The summed E-state index contributed by atoms with van der Waals surface area (Å²) >= 11 is 3.24. The standard InChI is InChI=1S/C11H11BrN2O3/c12-8-1-2-9(13-5-8)10(15)14-4-3-7(6-14)11(16)17/h1-2,5,7H,3-4,6H2,(H,16,17)/t7-/m0/s1. The summed E-state index contributed by atoms with van der Waals surface area (Å²) in [5, 5.41) is 8.86. The van der Waals surface area contributed by atoms with Gasteiger partial charge in [-0.05, 0) is 34.5 Å². The van der Waals surface area contributed by atoms with E-state index in [0.717, 1.165) is 4.47 Å². The number of aromatic nitrogens is 1. The second-order valence-electron chi connectivity index (χ2n) is 3.94. The Morgan fingerprint density at radius 3 is 2.76 bits per heavy atom. The number of rotatable bonds is 2. The number of carbonyl (C=O) groups is 2. The molecule has 1 fully saturated rings. The van der Waals surface area contributed by atoms with Crippen molar-refractivity contribution in [2.45, 2.75) is 6.42 Å². The third-order valence-corrected chi connectivity index (χ3v) is 3.24. The van der Waals surface area contributed by atoms with E-state index in [0.29, 0.717) is 18.7 Å². The average molecular weight is 299 g/mol. The molecule has 1 atom stereocenters. The fourth-order valence-corrected chi connectivity index (χ4v) is 2.05. The Hall–Kier alpha value is -1.43. The first-order valence-electron chi connectivity index (χ1n) is 5.21. The number of nitrogens with zero attached hydrogens (tertiary/aromatic N) is 2. The van der Waals surface area contributed by atoms with E-state index in [-0.39, 0.29) is 12.5 Å². The van der Waals surface area contributed by atoms with Crippen LogP contribution in [0.1, 0.15) is 16.9 Å². The van der Waals surface area contributed by atoms with Gasteiger partial charge in [0, 0.05) is 23.8 Å². The van der Waals surface area contributed by atoms with Crippen molar-refractivity contribution in [2.24, 2.45) is 5.92 Å². The maximum Gasteiger partial charge on any atom is 0.308 e. The highest BCUT2D eigenvalue weighted by atomic mass is 79.9. The Morgan fingerprint density at radius 2 is 2.24 bits per heavy atom. The first kappa shape index (κ1) is 12.0. The Morgan fingerprint density at radius 1 is 1.47 bits per heavy atom. The Bertz CT molecular complexity index is 447. The third-order valence-electron chi connectivity index (χ3n) is 2.77. The van der Waals surface area contributed by atoms with E-state index >= 15 is 0 Å². The maximum atomic E-state index is 12.0. The molecule has 17 heavy (non-hydrogen) atoms. The minimum atomic E-state index is -0.843. The SMILES string of the molecule is O=C(O)[C@H]1CCN(C(=O)c2ccc(Br)cn2)C1. The smallest absolute Gasteiger partial charge is 0.308 e. The van der Waals surface area contributed by atoms with Crippen LogP contribution in [0.2, 0.25) is 0 Å². The highest BCUT2D eigenvalue weighted by Gasteiger charge is 2.31. The zero-order chi connectivity index (χ0) is 12.4. The molecule has 0 unspecified atom stereocenters. The fourth-order valence-electron chi connectivity index (χ4n) is 1.81. The lowest BCUT2D eigenvalue weighted by Gasteiger charge is -2.14. The van der Waals surface area contributed by atoms with E-state index in [1.54, 1.807) is 18.3 Å². The van der Waals surface area contributed by atoms with E-state index in [9.17, 15) is 9.59 Å². The van der Waals surface area contributed by atoms with Gasteiger partial charge >= 0.3 is 5.97 Å². The largest absolute Gasteiger partial charge is 0.481 e. The number of hydrogen-bond acceptors (Lipinski definition) is 3. The van der Waals surface area contributed by atoms with E-state index in [2.05, 4.69) is 20.9 Å². The monoisotopic (exact) mass is 298 g/mol. The zero-order valence-electron chi connectivity index (χ0n) is 8.97. The first-order valence-corrected chi connectivity index (χ1v) is 6.01. The predicted octanol–water partition coefficient (Wildman–Crippen LogP) is 1.39.